The molecule has 0 aromatic heterocycles. The molecule has 1 aromatic carbocycles. The molecule has 0 aliphatic carbocycles. The molecule has 2 rings (SSSR count). The molecule has 2 amide bonds. The third-order valence-corrected chi connectivity index (χ3v) is 3.84. The number of fused-ring (bicyclic) bond motifs is 1. The third kappa shape index (κ3) is 6.34. The molecule has 1 aliphatic rings. The lowest BCUT2D eigenvalue weighted by Gasteiger charge is -2.21. The summed E-state index contributed by atoms with van der Waals surface area (Å²) in [5.74, 6) is 1.14. The van der Waals surface area contributed by atoms with Crippen LogP contribution in [0.2, 0.25) is 0 Å². The monoisotopic (exact) mass is 378 g/mol. The van der Waals surface area contributed by atoms with E-state index in [9.17, 15) is 9.59 Å². The van der Waals surface area contributed by atoms with Gasteiger partial charge < -0.3 is 24.8 Å². The lowest BCUT2D eigenvalue weighted by atomic mass is 10.0. The lowest BCUT2D eigenvalue weighted by molar-refractivity contribution is -0.122. The molecule has 2 N–H and O–H groups in total. The van der Waals surface area contributed by atoms with Crippen molar-refractivity contribution < 1.29 is 23.8 Å². The van der Waals surface area contributed by atoms with Gasteiger partial charge in [0.05, 0.1) is 6.54 Å². The van der Waals surface area contributed by atoms with Crippen LogP contribution in [0.4, 0.5) is 4.79 Å². The van der Waals surface area contributed by atoms with E-state index in [0.717, 1.165) is 17.7 Å². The van der Waals surface area contributed by atoms with Gasteiger partial charge in [0.25, 0.3) is 0 Å². The van der Waals surface area contributed by atoms with Crippen LogP contribution in [0.5, 0.6) is 11.5 Å². The van der Waals surface area contributed by atoms with Crippen molar-refractivity contribution in [3.05, 3.63) is 23.8 Å². The molecule has 0 radical (unpaired) electrons. The quantitative estimate of drug-likeness (QED) is 0.744. The van der Waals surface area contributed by atoms with E-state index in [1.165, 1.54) is 0 Å². The number of alkyl carbamates (subject to hydrolysis) is 1. The van der Waals surface area contributed by atoms with Crippen LogP contribution in [0.1, 0.15) is 47.1 Å². The Kier molecular flexibility index (Phi) is 6.23. The molecule has 1 aliphatic heterocycles. The molecule has 1 aromatic rings. The molecular weight excluding hydrogens is 348 g/mol. The maximum absolute atomic E-state index is 12.1. The zero-order chi connectivity index (χ0) is 20.2. The van der Waals surface area contributed by atoms with Crippen molar-refractivity contribution in [2.75, 3.05) is 13.2 Å². The Hall–Kier alpha value is -2.44. The Balaban J connectivity index is 1.75. The molecule has 1 heterocycles. The third-order valence-electron chi connectivity index (χ3n) is 3.84. The number of nitrogens with one attached hydrogen (secondary N) is 2. The topological polar surface area (TPSA) is 85.9 Å². The molecule has 150 valence electrons. The largest absolute Gasteiger partial charge is 0.488 e. The summed E-state index contributed by atoms with van der Waals surface area (Å²) in [7, 11) is 0. The minimum absolute atomic E-state index is 0.237. The van der Waals surface area contributed by atoms with Crippen molar-refractivity contribution in [3.8, 4) is 11.5 Å². The molecule has 0 fully saturated rings. The molecule has 0 saturated heterocycles. The SMILES string of the molecule is C[C@@H](NC(=O)OC(C)(C)C)C(=O)NCCOc1cccc2c1OC(C)(C)C2. The first kappa shape index (κ1) is 20.9. The van der Waals surface area contributed by atoms with Gasteiger partial charge in [-0.25, -0.2) is 4.79 Å². The smallest absolute Gasteiger partial charge is 0.408 e. The number of benzene rings is 1. The minimum atomic E-state index is -0.704. The summed E-state index contributed by atoms with van der Waals surface area (Å²) in [5.41, 5.74) is 0.274. The van der Waals surface area contributed by atoms with Crippen LogP contribution < -0.4 is 20.1 Å². The second kappa shape index (κ2) is 8.06. The predicted molar refractivity (Wildman–Crippen MR) is 102 cm³/mol. The summed E-state index contributed by atoms with van der Waals surface area (Å²) < 4.78 is 16.9. The second-order valence-electron chi connectivity index (χ2n) is 8.29. The van der Waals surface area contributed by atoms with Crippen LogP contribution in [0.25, 0.3) is 0 Å². The van der Waals surface area contributed by atoms with Crippen molar-refractivity contribution >= 4 is 12.0 Å². The molecule has 0 saturated carbocycles. The average Bonchev–Trinajstić information content (AvgIpc) is 2.83. The Morgan fingerprint density at radius 2 is 2.00 bits per heavy atom. The van der Waals surface area contributed by atoms with Crippen molar-refractivity contribution in [3.63, 3.8) is 0 Å². The van der Waals surface area contributed by atoms with Gasteiger partial charge in [0.2, 0.25) is 5.91 Å². The van der Waals surface area contributed by atoms with E-state index >= 15 is 0 Å². The normalized spacial score (nSPS) is 15.9. The van der Waals surface area contributed by atoms with E-state index in [4.69, 9.17) is 14.2 Å². The second-order valence-corrected chi connectivity index (χ2v) is 8.29. The molecule has 1 atom stereocenters. The number of carbonyl (C=O) groups is 2. The molecule has 0 bridgehead atoms. The maximum Gasteiger partial charge on any atom is 0.408 e. The molecular formula is C20H30N2O5. The summed E-state index contributed by atoms with van der Waals surface area (Å²) in [6.45, 7) is 11.6. The highest BCUT2D eigenvalue weighted by Gasteiger charge is 2.32. The number of para-hydroxylation sites is 1. The van der Waals surface area contributed by atoms with Crippen LogP contribution in [0.15, 0.2) is 18.2 Å². The zero-order valence-corrected chi connectivity index (χ0v) is 17.0. The summed E-state index contributed by atoms with van der Waals surface area (Å²) >= 11 is 0. The van der Waals surface area contributed by atoms with Crippen molar-refractivity contribution in [1.29, 1.82) is 0 Å². The van der Waals surface area contributed by atoms with E-state index in [0.29, 0.717) is 18.9 Å². The molecule has 7 nitrogen and oxygen atoms in total. The Morgan fingerprint density at radius 1 is 1.30 bits per heavy atom. The number of rotatable bonds is 6. The highest BCUT2D eigenvalue weighted by molar-refractivity contribution is 5.85. The highest BCUT2D eigenvalue weighted by atomic mass is 16.6. The number of ether oxygens (including phenoxy) is 3. The van der Waals surface area contributed by atoms with Crippen LogP contribution in [0, 0.1) is 0 Å². The van der Waals surface area contributed by atoms with E-state index in [1.54, 1.807) is 27.7 Å². The van der Waals surface area contributed by atoms with E-state index in [2.05, 4.69) is 10.6 Å². The summed E-state index contributed by atoms with van der Waals surface area (Å²) in [6, 6.07) is 5.12. The van der Waals surface area contributed by atoms with Crippen LogP contribution in [-0.2, 0) is 16.0 Å². The predicted octanol–water partition coefficient (Wildman–Crippen LogP) is 2.81. The van der Waals surface area contributed by atoms with E-state index in [-0.39, 0.29) is 11.5 Å². The van der Waals surface area contributed by atoms with Gasteiger partial charge in [-0.05, 0) is 47.6 Å². The molecule has 0 spiro atoms. The van der Waals surface area contributed by atoms with Gasteiger partial charge >= 0.3 is 6.09 Å². The van der Waals surface area contributed by atoms with Gasteiger partial charge in [0.1, 0.15) is 23.9 Å². The summed E-state index contributed by atoms with van der Waals surface area (Å²) in [4.78, 5) is 23.8. The molecule has 7 heteroatoms. The zero-order valence-electron chi connectivity index (χ0n) is 17.0. The summed E-state index contributed by atoms with van der Waals surface area (Å²) in [6.07, 6.45) is 0.213. The standard InChI is InChI=1S/C20H30N2O5/c1-13(22-18(24)27-19(2,3)4)17(23)21-10-11-25-15-9-7-8-14-12-20(5,6)26-16(14)15/h7-9,13H,10-12H2,1-6H3,(H,21,23)(H,22,24)/t13-/m1/s1. The fraction of sp³-hybridized carbons (Fsp3) is 0.600. The first-order chi connectivity index (χ1) is 12.5. The first-order valence-electron chi connectivity index (χ1n) is 9.18. The van der Waals surface area contributed by atoms with Gasteiger partial charge in [0, 0.05) is 12.0 Å². The van der Waals surface area contributed by atoms with Crippen molar-refractivity contribution in [2.24, 2.45) is 0 Å². The number of hydrogen-bond donors (Lipinski definition) is 2. The number of amides is 2. The molecule has 27 heavy (non-hydrogen) atoms. The van der Waals surface area contributed by atoms with E-state index in [1.807, 2.05) is 32.0 Å². The maximum atomic E-state index is 12.1. The molecule has 0 unspecified atom stereocenters. The first-order valence-corrected chi connectivity index (χ1v) is 9.18. The average molecular weight is 378 g/mol. The van der Waals surface area contributed by atoms with Gasteiger partial charge in [0.15, 0.2) is 11.5 Å². The lowest BCUT2D eigenvalue weighted by Crippen LogP contribution is -2.47. The van der Waals surface area contributed by atoms with Crippen LogP contribution in [0.3, 0.4) is 0 Å². The van der Waals surface area contributed by atoms with Gasteiger partial charge in [-0.3, -0.25) is 4.79 Å². The van der Waals surface area contributed by atoms with Gasteiger partial charge in [-0.15, -0.1) is 0 Å². The van der Waals surface area contributed by atoms with Crippen LogP contribution in [-0.4, -0.2) is 42.4 Å². The fourth-order valence-electron chi connectivity index (χ4n) is 2.74. The number of carbonyl (C=O) groups excluding carboxylic acids is 2. The van der Waals surface area contributed by atoms with Crippen molar-refractivity contribution in [2.45, 2.75) is 65.2 Å². The Morgan fingerprint density at radius 3 is 2.67 bits per heavy atom. The van der Waals surface area contributed by atoms with Crippen LogP contribution >= 0.6 is 0 Å². The minimum Gasteiger partial charge on any atom is -0.488 e. The Labute approximate surface area is 160 Å². The highest BCUT2D eigenvalue weighted by Crippen LogP contribution is 2.41. The van der Waals surface area contributed by atoms with Gasteiger partial charge in [-0.1, -0.05) is 12.1 Å². The number of hydrogen-bond acceptors (Lipinski definition) is 5. The Bertz CT molecular complexity index is 694. The summed E-state index contributed by atoms with van der Waals surface area (Å²) in [5, 5.41) is 5.23. The fourth-order valence-corrected chi connectivity index (χ4v) is 2.74. The van der Waals surface area contributed by atoms with E-state index < -0.39 is 17.7 Å². The van der Waals surface area contributed by atoms with Gasteiger partial charge in [-0.2, -0.15) is 0 Å². The van der Waals surface area contributed by atoms with Crippen molar-refractivity contribution in [1.82, 2.24) is 10.6 Å².